The fraction of sp³-hybridized carbons (Fsp3) is 0.316. The molecule has 114 heavy (non-hydrogen) atoms. The van der Waals surface area contributed by atoms with Crippen molar-refractivity contribution in [3.8, 4) is 66.8 Å². The summed E-state index contributed by atoms with van der Waals surface area (Å²) in [6.45, 7) is 62.1. The molecule has 0 nitrogen and oxygen atoms in total. The van der Waals surface area contributed by atoms with Gasteiger partial charge in [0.1, 0.15) is 0 Å². The van der Waals surface area contributed by atoms with E-state index in [4.69, 9.17) is 0 Å². The van der Waals surface area contributed by atoms with Gasteiger partial charge in [0, 0.05) is 0 Å². The highest BCUT2D eigenvalue weighted by Gasteiger charge is 2.29. The molecular formula is C114H132. The molecule has 14 aromatic rings. The van der Waals surface area contributed by atoms with Gasteiger partial charge in [-0.15, -0.1) is 0 Å². The van der Waals surface area contributed by atoms with Crippen molar-refractivity contribution in [2.45, 2.75) is 236 Å². The summed E-state index contributed by atoms with van der Waals surface area (Å²) in [5, 5.41) is 8.09. The van der Waals surface area contributed by atoms with E-state index in [1.165, 1.54) is 149 Å². The van der Waals surface area contributed by atoms with Gasteiger partial charge in [-0.2, -0.15) is 0 Å². The Morgan fingerprint density at radius 2 is 0.360 bits per heavy atom. The molecule has 0 N–H and O–H groups in total. The van der Waals surface area contributed by atoms with Gasteiger partial charge in [-0.05, 0) is 210 Å². The third-order valence-corrected chi connectivity index (χ3v) is 22.1. The largest absolute Gasteiger partial charge is 0.0622 e. The van der Waals surface area contributed by atoms with Crippen LogP contribution < -0.4 is 0 Å². The molecule has 0 spiro atoms. The Labute approximate surface area is 689 Å². The van der Waals surface area contributed by atoms with Gasteiger partial charge in [0.15, 0.2) is 0 Å². The topological polar surface area (TPSA) is 0 Å². The van der Waals surface area contributed by atoms with E-state index in [0.717, 1.165) is 0 Å². The van der Waals surface area contributed by atoms with Crippen molar-refractivity contribution in [2.75, 3.05) is 0 Å². The average molecular weight is 1500 g/mol. The van der Waals surface area contributed by atoms with Crippen LogP contribution >= 0.6 is 0 Å². The van der Waals surface area contributed by atoms with E-state index in [9.17, 15) is 0 Å². The molecular weight excluding hydrogens is 1370 g/mol. The summed E-state index contributed by atoms with van der Waals surface area (Å²) in [6, 6.07) is 113. The van der Waals surface area contributed by atoms with Crippen molar-refractivity contribution in [2.24, 2.45) is 0 Å². The maximum Gasteiger partial charge on any atom is -0.00960 e. The summed E-state index contributed by atoms with van der Waals surface area (Å²) in [7, 11) is 0. The maximum atomic E-state index is 2.44. The molecule has 0 aliphatic heterocycles. The summed E-state index contributed by atoms with van der Waals surface area (Å²) < 4.78 is 0. The Balaban J connectivity index is 0.000000157. The number of rotatable bonds is 6. The molecule has 0 aliphatic carbocycles. The number of benzene rings is 14. The summed E-state index contributed by atoms with van der Waals surface area (Å²) in [5.41, 5.74) is 29.2. The lowest BCUT2D eigenvalue weighted by atomic mass is 9.73. The van der Waals surface area contributed by atoms with Gasteiger partial charge < -0.3 is 0 Å². The van der Waals surface area contributed by atoms with E-state index in [-0.39, 0.29) is 48.7 Å². The van der Waals surface area contributed by atoms with Crippen LogP contribution in [0.15, 0.2) is 309 Å². The van der Waals surface area contributed by atoms with Crippen LogP contribution in [0.3, 0.4) is 0 Å². The molecule has 14 rings (SSSR count). The smallest absolute Gasteiger partial charge is 0.00960 e. The van der Waals surface area contributed by atoms with Crippen molar-refractivity contribution in [1.82, 2.24) is 0 Å². The molecule has 0 amide bonds. The predicted octanol–water partition coefficient (Wildman–Crippen LogP) is 33.6. The van der Waals surface area contributed by atoms with Gasteiger partial charge in [0.05, 0.1) is 0 Å². The first-order valence-electron chi connectivity index (χ1n) is 41.6. The SMILES string of the molecule is CC(C)(C)c1cc(-c2cccc(-c3cc(C(C)(C)C)cc(C(C)(C)C)c3)c2C(C)(C)C)cc(C(C)(C)C)c1.CC(C)(C)c1cc(-c2ccccc2)cc(-c2ccccc2)c1.CC(C)(C)c1ccc(-c2ccccc2)cc1.CC(C)(C)c1ccc2c3ccccc3c3ccccc3c2c1.CC(C)(C)c1cccc(-c2ccccc2)c1. The van der Waals surface area contributed by atoms with Crippen LogP contribution in [-0.4, -0.2) is 0 Å². The van der Waals surface area contributed by atoms with Crippen molar-refractivity contribution in [1.29, 1.82) is 0 Å². The van der Waals surface area contributed by atoms with Gasteiger partial charge in [-0.25, -0.2) is 0 Å². The molecule has 0 atom stereocenters. The molecule has 0 heterocycles. The molecule has 588 valence electrons. The zero-order valence-corrected chi connectivity index (χ0v) is 74.4. The Hall–Kier alpha value is -10.1. The van der Waals surface area contributed by atoms with E-state index in [2.05, 4.69) is 490 Å². The maximum absolute atomic E-state index is 2.44. The van der Waals surface area contributed by atoms with E-state index in [1.54, 1.807) is 0 Å². The number of hydrogen-bond donors (Lipinski definition) is 0. The number of hydrogen-bond acceptors (Lipinski definition) is 0. The normalized spacial score (nSPS) is 12.3. The predicted molar refractivity (Wildman–Crippen MR) is 506 cm³/mol. The standard InChI is InChI=1S/C38H54.C22H20.C22H22.2C16H18/c1-34(2,3)27-19-25(20-28(23-27)35(4,5)6)31-17-16-18-32(33(31)38(13,14)15)26-21-29(36(7,8)9)24-30(22-26)37(10,11)12;1-22(2,3)15-12-13-20-18-10-5-4-8-16(18)17-9-6-7-11-19(17)21(20)14-15;1-22(2,3)21-15-19(17-10-6-4-7-11-17)14-20(16-21)18-12-8-5-9-13-18;1-16(2,3)15-11-7-10-14(12-15)13-8-5-4-6-9-13;1-16(2,3)15-11-9-14(10-12-15)13-7-5-4-6-8-13/h16-24H,1-15H3;4-14H,1-3H3;4-16H,1-3H3;2*4-12H,1-3H3. The Morgan fingerprint density at radius 1 is 0.123 bits per heavy atom. The van der Waals surface area contributed by atoms with Crippen molar-refractivity contribution < 1.29 is 0 Å². The second kappa shape index (κ2) is 34.5. The van der Waals surface area contributed by atoms with E-state index >= 15 is 0 Å². The molecule has 14 aromatic carbocycles. The molecule has 0 saturated carbocycles. The van der Waals surface area contributed by atoms with Crippen LogP contribution in [0.5, 0.6) is 0 Å². The third kappa shape index (κ3) is 22.0. The molecule has 0 heteroatoms. The zero-order chi connectivity index (χ0) is 83.2. The van der Waals surface area contributed by atoms with Gasteiger partial charge in [-0.3, -0.25) is 0 Å². The number of fused-ring (bicyclic) bond motifs is 6. The van der Waals surface area contributed by atoms with Crippen molar-refractivity contribution in [3.05, 3.63) is 359 Å². The first-order chi connectivity index (χ1) is 53.2. The summed E-state index contributed by atoms with van der Waals surface area (Å²) in [6.07, 6.45) is 0. The summed E-state index contributed by atoms with van der Waals surface area (Å²) in [4.78, 5) is 0. The lowest BCUT2D eigenvalue weighted by Crippen LogP contribution is -2.19. The Bertz CT molecular complexity index is 5270. The third-order valence-electron chi connectivity index (χ3n) is 22.1. The van der Waals surface area contributed by atoms with E-state index in [0.29, 0.717) is 0 Å². The molecule has 0 unspecified atom stereocenters. The monoisotopic (exact) mass is 1500 g/mol. The Kier molecular flexibility index (Phi) is 26.1. The second-order valence-electron chi connectivity index (χ2n) is 40.8. The van der Waals surface area contributed by atoms with Crippen LogP contribution in [0.1, 0.15) is 237 Å². The molecule has 0 fully saturated rings. The van der Waals surface area contributed by atoms with Crippen molar-refractivity contribution in [3.63, 3.8) is 0 Å². The van der Waals surface area contributed by atoms with Crippen molar-refractivity contribution >= 4 is 32.3 Å². The van der Waals surface area contributed by atoms with Crippen LogP contribution in [0.4, 0.5) is 0 Å². The van der Waals surface area contributed by atoms with Crippen LogP contribution in [-0.2, 0) is 48.7 Å². The molecule has 0 aliphatic rings. The summed E-state index contributed by atoms with van der Waals surface area (Å²) >= 11 is 0. The van der Waals surface area contributed by atoms with E-state index in [1.807, 2.05) is 6.07 Å². The second-order valence-corrected chi connectivity index (χ2v) is 40.8. The molecule has 0 aromatic heterocycles. The lowest BCUT2D eigenvalue weighted by Gasteiger charge is -2.31. The first kappa shape index (κ1) is 86.3. The van der Waals surface area contributed by atoms with Gasteiger partial charge in [-0.1, -0.05) is 484 Å². The minimum absolute atomic E-state index is 0.0226. The highest BCUT2D eigenvalue weighted by atomic mass is 14.3. The highest BCUT2D eigenvalue weighted by Crippen LogP contribution is 2.46. The fourth-order valence-electron chi connectivity index (χ4n) is 14.8. The highest BCUT2D eigenvalue weighted by molar-refractivity contribution is 6.25. The molecule has 0 bridgehead atoms. The van der Waals surface area contributed by atoms with Crippen LogP contribution in [0, 0.1) is 0 Å². The van der Waals surface area contributed by atoms with E-state index < -0.39 is 0 Å². The zero-order valence-electron chi connectivity index (χ0n) is 74.4. The quantitative estimate of drug-likeness (QED) is 0.146. The lowest BCUT2D eigenvalue weighted by molar-refractivity contribution is 0.568. The minimum Gasteiger partial charge on any atom is -0.0622 e. The van der Waals surface area contributed by atoms with Crippen LogP contribution in [0.25, 0.3) is 99.1 Å². The first-order valence-corrected chi connectivity index (χ1v) is 41.6. The minimum atomic E-state index is -0.0226. The Morgan fingerprint density at radius 3 is 0.693 bits per heavy atom. The van der Waals surface area contributed by atoms with Crippen LogP contribution in [0.2, 0.25) is 0 Å². The van der Waals surface area contributed by atoms with Gasteiger partial charge >= 0.3 is 0 Å². The van der Waals surface area contributed by atoms with Gasteiger partial charge in [0.25, 0.3) is 0 Å². The molecule has 0 saturated heterocycles. The average Bonchev–Trinajstić information content (AvgIpc) is 0.746. The molecule has 0 radical (unpaired) electrons. The van der Waals surface area contributed by atoms with Gasteiger partial charge in [0.2, 0.25) is 0 Å². The summed E-state index contributed by atoms with van der Waals surface area (Å²) in [5.74, 6) is 0. The fourth-order valence-corrected chi connectivity index (χ4v) is 14.8.